The Hall–Kier alpha value is -4.41. The van der Waals surface area contributed by atoms with Gasteiger partial charge in [0.25, 0.3) is 0 Å². The third-order valence-corrected chi connectivity index (χ3v) is 5.31. The zero-order valence-electron chi connectivity index (χ0n) is 19.0. The fraction of sp³-hybridized carbons (Fsp3) is 0.167. The van der Waals surface area contributed by atoms with Gasteiger partial charge >= 0.3 is 12.2 Å². The van der Waals surface area contributed by atoms with E-state index in [1.54, 1.807) is 35.0 Å². The molecule has 35 heavy (non-hydrogen) atoms. The number of para-hydroxylation sites is 1. The van der Waals surface area contributed by atoms with Crippen LogP contribution in [0.4, 0.5) is 29.3 Å². The summed E-state index contributed by atoms with van der Waals surface area (Å²) in [5.41, 5.74) is 2.02. The molecule has 0 saturated carbocycles. The Morgan fingerprint density at radius 3 is 2.34 bits per heavy atom. The summed E-state index contributed by atoms with van der Waals surface area (Å²) in [5, 5.41) is 9.20. The zero-order chi connectivity index (χ0) is 25.2. The van der Waals surface area contributed by atoms with Gasteiger partial charge in [-0.05, 0) is 62.7 Å². The SMILES string of the molecule is Cc1nn(-c2cc(Oc3ccc(NC(=O)Nc4ccccc4C(F)(F)F)cc3)ncn2)c(C)c1C. The quantitative estimate of drug-likeness (QED) is 0.362. The van der Waals surface area contributed by atoms with Gasteiger partial charge in [-0.3, -0.25) is 0 Å². The molecule has 0 radical (unpaired) electrons. The van der Waals surface area contributed by atoms with Crippen molar-refractivity contribution in [3.8, 4) is 17.4 Å². The van der Waals surface area contributed by atoms with Gasteiger partial charge < -0.3 is 15.4 Å². The number of hydrogen-bond acceptors (Lipinski definition) is 5. The van der Waals surface area contributed by atoms with Crippen LogP contribution in [0, 0.1) is 20.8 Å². The highest BCUT2D eigenvalue weighted by molar-refractivity contribution is 6.00. The highest BCUT2D eigenvalue weighted by Crippen LogP contribution is 2.34. The van der Waals surface area contributed by atoms with Crippen LogP contribution in [0.1, 0.15) is 22.5 Å². The van der Waals surface area contributed by atoms with E-state index in [-0.39, 0.29) is 5.69 Å². The maximum atomic E-state index is 13.1. The Morgan fingerprint density at radius 2 is 1.69 bits per heavy atom. The first-order chi connectivity index (χ1) is 16.6. The van der Waals surface area contributed by atoms with Crippen molar-refractivity contribution in [1.29, 1.82) is 0 Å². The van der Waals surface area contributed by atoms with E-state index < -0.39 is 17.8 Å². The number of anilines is 2. The number of carbonyl (C=O) groups excluding carboxylic acids is 1. The Morgan fingerprint density at radius 1 is 0.971 bits per heavy atom. The molecule has 0 atom stereocenters. The number of halogens is 3. The molecule has 0 fully saturated rings. The minimum absolute atomic E-state index is 0.294. The van der Waals surface area contributed by atoms with Crippen molar-refractivity contribution in [1.82, 2.24) is 19.7 Å². The second-order valence-corrected chi connectivity index (χ2v) is 7.67. The Labute approximate surface area is 198 Å². The number of benzene rings is 2. The van der Waals surface area contributed by atoms with Gasteiger partial charge in [-0.25, -0.2) is 19.4 Å². The van der Waals surface area contributed by atoms with Crippen LogP contribution >= 0.6 is 0 Å². The van der Waals surface area contributed by atoms with Crippen LogP contribution in [0.15, 0.2) is 60.9 Å². The molecule has 2 amide bonds. The molecule has 11 heteroatoms. The maximum absolute atomic E-state index is 13.1. The van der Waals surface area contributed by atoms with Crippen LogP contribution in [0.3, 0.4) is 0 Å². The topological polar surface area (TPSA) is 94.0 Å². The molecule has 2 heterocycles. The molecule has 180 valence electrons. The summed E-state index contributed by atoms with van der Waals surface area (Å²) in [5.74, 6) is 1.28. The van der Waals surface area contributed by atoms with Crippen LogP contribution < -0.4 is 15.4 Å². The number of rotatable bonds is 5. The molecule has 0 aliphatic carbocycles. The lowest BCUT2D eigenvalue weighted by molar-refractivity contribution is -0.136. The van der Waals surface area contributed by atoms with Crippen molar-refractivity contribution in [2.24, 2.45) is 0 Å². The van der Waals surface area contributed by atoms with Gasteiger partial charge in [0, 0.05) is 17.4 Å². The monoisotopic (exact) mass is 482 g/mol. The number of aryl methyl sites for hydroxylation is 1. The summed E-state index contributed by atoms with van der Waals surface area (Å²) in [6.45, 7) is 5.85. The predicted molar refractivity (Wildman–Crippen MR) is 124 cm³/mol. The van der Waals surface area contributed by atoms with E-state index in [0.29, 0.717) is 23.1 Å². The minimum atomic E-state index is -4.59. The Bertz CT molecular complexity index is 1370. The molecule has 4 rings (SSSR count). The number of hydrogen-bond donors (Lipinski definition) is 2. The molecule has 0 spiro atoms. The lowest BCUT2D eigenvalue weighted by atomic mass is 10.1. The molecule has 8 nitrogen and oxygen atoms in total. The summed E-state index contributed by atoms with van der Waals surface area (Å²) >= 11 is 0. The van der Waals surface area contributed by atoms with Gasteiger partial charge in [-0.1, -0.05) is 12.1 Å². The number of carbonyl (C=O) groups is 1. The molecule has 2 aromatic carbocycles. The summed E-state index contributed by atoms with van der Waals surface area (Å²) in [7, 11) is 0. The van der Waals surface area contributed by atoms with E-state index in [2.05, 4.69) is 25.7 Å². The van der Waals surface area contributed by atoms with E-state index in [9.17, 15) is 18.0 Å². The molecule has 4 aromatic rings. The molecule has 2 N–H and O–H groups in total. The molecule has 0 aliphatic heterocycles. The molecule has 0 unspecified atom stereocenters. The fourth-order valence-electron chi connectivity index (χ4n) is 3.30. The van der Waals surface area contributed by atoms with Crippen molar-refractivity contribution >= 4 is 17.4 Å². The van der Waals surface area contributed by atoms with Gasteiger partial charge in [0.05, 0.1) is 16.9 Å². The average molecular weight is 482 g/mol. The highest BCUT2D eigenvalue weighted by atomic mass is 19.4. The number of aromatic nitrogens is 4. The summed E-state index contributed by atoms with van der Waals surface area (Å²) in [6.07, 6.45) is -3.22. The third-order valence-electron chi connectivity index (χ3n) is 5.31. The van der Waals surface area contributed by atoms with Gasteiger partial charge in [-0.15, -0.1) is 0 Å². The minimum Gasteiger partial charge on any atom is -0.439 e. The second kappa shape index (κ2) is 9.45. The molecule has 0 saturated heterocycles. The standard InChI is InChI=1S/C24H21F3N6O2/c1-14-15(2)32-33(16(14)3)21-12-22(29-13-28-21)35-18-10-8-17(9-11-18)30-23(34)31-20-7-5-4-6-19(20)24(25,26)27/h4-13H,1-3H3,(H2,30,31,34). The van der Waals surface area contributed by atoms with Crippen LogP contribution in [-0.4, -0.2) is 25.8 Å². The number of urea groups is 1. The first-order valence-corrected chi connectivity index (χ1v) is 10.5. The first-order valence-electron chi connectivity index (χ1n) is 10.5. The summed E-state index contributed by atoms with van der Waals surface area (Å²) in [6, 6.07) is 11.9. The molecule has 0 aliphatic rings. The molecular formula is C24H21F3N6O2. The van der Waals surface area contributed by atoms with Crippen molar-refractivity contribution in [3.05, 3.63) is 83.4 Å². The van der Waals surface area contributed by atoms with Gasteiger partial charge in [0.2, 0.25) is 5.88 Å². The van der Waals surface area contributed by atoms with Crippen LogP contribution in [0.2, 0.25) is 0 Å². The number of nitrogens with one attached hydrogen (secondary N) is 2. The predicted octanol–water partition coefficient (Wildman–Crippen LogP) is 6.04. The molecule has 0 bridgehead atoms. The molecular weight excluding hydrogens is 461 g/mol. The van der Waals surface area contributed by atoms with E-state index >= 15 is 0 Å². The van der Waals surface area contributed by atoms with Gasteiger partial charge in [0.1, 0.15) is 12.1 Å². The number of amides is 2. The van der Waals surface area contributed by atoms with Gasteiger partial charge in [0.15, 0.2) is 5.82 Å². The van der Waals surface area contributed by atoms with E-state index in [1.807, 2.05) is 20.8 Å². The fourth-order valence-corrected chi connectivity index (χ4v) is 3.30. The Kier molecular flexibility index (Phi) is 6.41. The Balaban J connectivity index is 1.42. The third kappa shape index (κ3) is 5.40. The lowest BCUT2D eigenvalue weighted by Crippen LogP contribution is -2.21. The number of alkyl halides is 3. The lowest BCUT2D eigenvalue weighted by Gasteiger charge is -2.14. The van der Waals surface area contributed by atoms with Crippen molar-refractivity contribution in [2.45, 2.75) is 26.9 Å². The highest BCUT2D eigenvalue weighted by Gasteiger charge is 2.33. The normalized spacial score (nSPS) is 11.3. The summed E-state index contributed by atoms with van der Waals surface area (Å²) in [4.78, 5) is 20.6. The first kappa shape index (κ1) is 23.7. The van der Waals surface area contributed by atoms with Crippen LogP contribution in [0.5, 0.6) is 11.6 Å². The second-order valence-electron chi connectivity index (χ2n) is 7.67. The van der Waals surface area contributed by atoms with Crippen molar-refractivity contribution in [2.75, 3.05) is 10.6 Å². The van der Waals surface area contributed by atoms with Crippen molar-refractivity contribution in [3.63, 3.8) is 0 Å². The zero-order valence-corrected chi connectivity index (χ0v) is 19.0. The number of ether oxygens (including phenoxy) is 1. The van der Waals surface area contributed by atoms with Crippen molar-refractivity contribution < 1.29 is 22.7 Å². The van der Waals surface area contributed by atoms with Crippen LogP contribution in [0.25, 0.3) is 5.82 Å². The molecule has 2 aromatic heterocycles. The maximum Gasteiger partial charge on any atom is 0.418 e. The largest absolute Gasteiger partial charge is 0.439 e. The van der Waals surface area contributed by atoms with Crippen LogP contribution in [-0.2, 0) is 6.18 Å². The van der Waals surface area contributed by atoms with Gasteiger partial charge in [-0.2, -0.15) is 18.3 Å². The van der Waals surface area contributed by atoms with E-state index in [4.69, 9.17) is 4.74 Å². The smallest absolute Gasteiger partial charge is 0.418 e. The van der Waals surface area contributed by atoms with E-state index in [0.717, 1.165) is 23.0 Å². The van der Waals surface area contributed by atoms with E-state index in [1.165, 1.54) is 24.5 Å². The summed E-state index contributed by atoms with van der Waals surface area (Å²) < 4.78 is 46.8. The average Bonchev–Trinajstić information content (AvgIpc) is 3.07. The number of nitrogens with zero attached hydrogens (tertiary/aromatic N) is 4.